The molecule has 104 valence electrons. The number of anilines is 1. The number of aromatic amines is 1. The van der Waals surface area contributed by atoms with Crippen LogP contribution in [0.5, 0.6) is 0 Å². The van der Waals surface area contributed by atoms with E-state index in [0.717, 1.165) is 11.3 Å². The summed E-state index contributed by atoms with van der Waals surface area (Å²) in [6.07, 6.45) is 3.89. The Bertz CT molecular complexity index is 581. The van der Waals surface area contributed by atoms with Gasteiger partial charge in [-0.2, -0.15) is 5.21 Å². The molecule has 3 heterocycles. The van der Waals surface area contributed by atoms with Crippen molar-refractivity contribution in [3.05, 3.63) is 24.3 Å². The number of H-pyrrole nitrogens is 1. The molecular formula is C14H18N6. The molecule has 2 N–H and O–H groups in total. The number of fused-ring (bicyclic) bond motifs is 1. The first-order valence-electron chi connectivity index (χ1n) is 7.24. The number of benzene rings is 1. The van der Waals surface area contributed by atoms with Gasteiger partial charge in [-0.05, 0) is 43.2 Å². The summed E-state index contributed by atoms with van der Waals surface area (Å²) in [7, 11) is 0. The van der Waals surface area contributed by atoms with E-state index in [1.165, 1.54) is 32.4 Å². The minimum absolute atomic E-state index is 0.568. The van der Waals surface area contributed by atoms with Crippen molar-refractivity contribution >= 4 is 5.69 Å². The Morgan fingerprint density at radius 2 is 2.25 bits per heavy atom. The van der Waals surface area contributed by atoms with E-state index in [4.69, 9.17) is 0 Å². The Kier molecular flexibility index (Phi) is 2.88. The molecule has 2 aromatic rings. The van der Waals surface area contributed by atoms with Gasteiger partial charge in [0.1, 0.15) is 0 Å². The first-order valence-corrected chi connectivity index (χ1v) is 7.24. The smallest absolute Gasteiger partial charge is 0.204 e. The lowest BCUT2D eigenvalue weighted by molar-refractivity contribution is 0.318. The molecule has 0 saturated carbocycles. The minimum Gasteiger partial charge on any atom is -0.381 e. The van der Waals surface area contributed by atoms with Crippen LogP contribution in [-0.4, -0.2) is 50.7 Å². The monoisotopic (exact) mass is 270 g/mol. The number of rotatable bonds is 3. The van der Waals surface area contributed by atoms with Crippen LogP contribution in [0.4, 0.5) is 5.69 Å². The molecule has 2 saturated heterocycles. The highest BCUT2D eigenvalue weighted by Crippen LogP contribution is 2.30. The van der Waals surface area contributed by atoms with E-state index in [9.17, 15) is 0 Å². The SMILES string of the molecule is c1cc(NC2CCN3CCCC23)cc(-c2nn[nH]n2)c1. The molecule has 0 aliphatic carbocycles. The predicted octanol–water partition coefficient (Wildman–Crippen LogP) is 1.52. The van der Waals surface area contributed by atoms with Gasteiger partial charge in [-0.3, -0.25) is 4.90 Å². The maximum Gasteiger partial charge on any atom is 0.204 e. The average molecular weight is 270 g/mol. The quantitative estimate of drug-likeness (QED) is 0.885. The van der Waals surface area contributed by atoms with Crippen LogP contribution in [0.15, 0.2) is 24.3 Å². The third-order valence-corrected chi connectivity index (χ3v) is 4.42. The lowest BCUT2D eigenvalue weighted by Crippen LogP contribution is -2.33. The zero-order chi connectivity index (χ0) is 13.4. The van der Waals surface area contributed by atoms with Gasteiger partial charge >= 0.3 is 0 Å². The highest BCUT2D eigenvalue weighted by atomic mass is 15.5. The van der Waals surface area contributed by atoms with Crippen molar-refractivity contribution < 1.29 is 0 Å². The molecule has 2 fully saturated rings. The Labute approximate surface area is 117 Å². The Morgan fingerprint density at radius 3 is 3.15 bits per heavy atom. The van der Waals surface area contributed by atoms with Crippen molar-refractivity contribution in [3.63, 3.8) is 0 Å². The van der Waals surface area contributed by atoms with E-state index in [2.05, 4.69) is 43.0 Å². The van der Waals surface area contributed by atoms with Gasteiger partial charge in [-0.1, -0.05) is 12.1 Å². The molecule has 2 atom stereocenters. The van der Waals surface area contributed by atoms with Gasteiger partial charge < -0.3 is 5.32 Å². The first kappa shape index (κ1) is 11.8. The summed E-state index contributed by atoms with van der Waals surface area (Å²) in [5, 5.41) is 17.9. The average Bonchev–Trinajstić information content (AvgIpc) is 3.18. The maximum atomic E-state index is 4.03. The van der Waals surface area contributed by atoms with Gasteiger partial charge in [0.2, 0.25) is 5.82 Å². The van der Waals surface area contributed by atoms with Crippen LogP contribution in [0.25, 0.3) is 11.4 Å². The summed E-state index contributed by atoms with van der Waals surface area (Å²) in [5.74, 6) is 0.641. The van der Waals surface area contributed by atoms with E-state index >= 15 is 0 Å². The van der Waals surface area contributed by atoms with Crippen LogP contribution in [0.3, 0.4) is 0 Å². The third-order valence-electron chi connectivity index (χ3n) is 4.42. The first-order chi connectivity index (χ1) is 9.90. The molecule has 1 aromatic carbocycles. The van der Waals surface area contributed by atoms with Crippen molar-refractivity contribution in [3.8, 4) is 11.4 Å². The molecule has 6 heteroatoms. The van der Waals surface area contributed by atoms with Crippen molar-refractivity contribution in [1.29, 1.82) is 0 Å². The van der Waals surface area contributed by atoms with Crippen molar-refractivity contribution in [2.75, 3.05) is 18.4 Å². The van der Waals surface area contributed by atoms with Gasteiger partial charge in [0.25, 0.3) is 0 Å². The van der Waals surface area contributed by atoms with Crippen molar-refractivity contribution in [2.45, 2.75) is 31.3 Å². The molecule has 0 spiro atoms. The lowest BCUT2D eigenvalue weighted by Gasteiger charge is -2.22. The van der Waals surface area contributed by atoms with E-state index in [-0.39, 0.29) is 0 Å². The molecule has 2 aliphatic rings. The number of aromatic nitrogens is 4. The molecule has 4 rings (SSSR count). The molecule has 2 unspecified atom stereocenters. The molecule has 20 heavy (non-hydrogen) atoms. The Morgan fingerprint density at radius 1 is 1.25 bits per heavy atom. The van der Waals surface area contributed by atoms with E-state index in [1.807, 2.05) is 12.1 Å². The molecular weight excluding hydrogens is 252 g/mol. The number of hydrogen-bond acceptors (Lipinski definition) is 5. The van der Waals surface area contributed by atoms with Gasteiger partial charge in [-0.25, -0.2) is 0 Å². The largest absolute Gasteiger partial charge is 0.381 e. The number of nitrogens with zero attached hydrogens (tertiary/aromatic N) is 4. The van der Waals surface area contributed by atoms with Gasteiger partial charge in [0.15, 0.2) is 0 Å². The normalized spacial score (nSPS) is 25.8. The third kappa shape index (κ3) is 2.06. The van der Waals surface area contributed by atoms with Crippen LogP contribution in [0, 0.1) is 0 Å². The van der Waals surface area contributed by atoms with Gasteiger partial charge in [0, 0.05) is 29.9 Å². The second-order valence-electron chi connectivity index (χ2n) is 5.60. The minimum atomic E-state index is 0.568. The Hall–Kier alpha value is -1.95. The van der Waals surface area contributed by atoms with Crippen LogP contribution in [0.2, 0.25) is 0 Å². The summed E-state index contributed by atoms with van der Waals surface area (Å²) in [5.41, 5.74) is 2.14. The van der Waals surface area contributed by atoms with Crippen molar-refractivity contribution in [1.82, 2.24) is 25.5 Å². The predicted molar refractivity (Wildman–Crippen MR) is 76.2 cm³/mol. The fraction of sp³-hybridized carbons (Fsp3) is 0.500. The van der Waals surface area contributed by atoms with Crippen LogP contribution >= 0.6 is 0 Å². The van der Waals surface area contributed by atoms with Crippen LogP contribution in [-0.2, 0) is 0 Å². The maximum absolute atomic E-state index is 4.03. The summed E-state index contributed by atoms with van der Waals surface area (Å²) >= 11 is 0. The summed E-state index contributed by atoms with van der Waals surface area (Å²) < 4.78 is 0. The summed E-state index contributed by atoms with van der Waals surface area (Å²) in [6.45, 7) is 2.50. The van der Waals surface area contributed by atoms with Crippen LogP contribution in [0.1, 0.15) is 19.3 Å². The summed E-state index contributed by atoms with van der Waals surface area (Å²) in [6, 6.07) is 9.54. The molecule has 2 aliphatic heterocycles. The van der Waals surface area contributed by atoms with E-state index < -0.39 is 0 Å². The number of tetrazole rings is 1. The van der Waals surface area contributed by atoms with E-state index in [0.29, 0.717) is 17.9 Å². The standard InChI is InChI=1S/C14H18N6/c1-3-10(14-16-18-19-17-14)9-11(4-1)15-12-6-8-20-7-2-5-13(12)20/h1,3-4,9,12-13,15H,2,5-8H2,(H,16,17,18,19). The zero-order valence-electron chi connectivity index (χ0n) is 11.3. The zero-order valence-corrected chi connectivity index (χ0v) is 11.3. The van der Waals surface area contributed by atoms with Crippen molar-refractivity contribution in [2.24, 2.45) is 0 Å². The molecule has 0 bridgehead atoms. The molecule has 0 amide bonds. The molecule has 0 radical (unpaired) electrons. The second-order valence-corrected chi connectivity index (χ2v) is 5.60. The van der Waals surface area contributed by atoms with Gasteiger partial charge in [-0.15, -0.1) is 10.2 Å². The topological polar surface area (TPSA) is 69.7 Å². The number of hydrogen-bond donors (Lipinski definition) is 2. The highest BCUT2D eigenvalue weighted by Gasteiger charge is 2.36. The fourth-order valence-corrected chi connectivity index (χ4v) is 3.50. The van der Waals surface area contributed by atoms with Crippen LogP contribution < -0.4 is 5.32 Å². The highest BCUT2D eigenvalue weighted by molar-refractivity contribution is 5.62. The van der Waals surface area contributed by atoms with Gasteiger partial charge in [0.05, 0.1) is 0 Å². The summed E-state index contributed by atoms with van der Waals surface area (Å²) in [4.78, 5) is 2.61. The number of nitrogens with one attached hydrogen (secondary N) is 2. The Balaban J connectivity index is 1.53. The fourth-order valence-electron chi connectivity index (χ4n) is 3.50. The lowest BCUT2D eigenvalue weighted by atomic mass is 10.1. The molecule has 1 aromatic heterocycles. The molecule has 6 nitrogen and oxygen atoms in total. The van der Waals surface area contributed by atoms with E-state index in [1.54, 1.807) is 0 Å². The second kappa shape index (κ2) is 4.86.